The first kappa shape index (κ1) is 27.9. The third-order valence-corrected chi connectivity index (χ3v) is 7.94. The Bertz CT molecular complexity index is 1300. The number of aliphatic hydroxyl groups excluding tert-OH is 1. The molecule has 2 saturated heterocycles. The van der Waals surface area contributed by atoms with E-state index in [9.17, 15) is 19.5 Å². The lowest BCUT2D eigenvalue weighted by atomic mass is 9.82. The molecule has 0 bridgehead atoms. The SMILES string of the molecule is CCCCN1C(=O)C2(/C(=C(\O)c3ccc(OCC)cc3)C(=O)C(=O)N2CCCN2CCOCC2)c2ccccc21. The van der Waals surface area contributed by atoms with Gasteiger partial charge < -0.3 is 24.4 Å². The summed E-state index contributed by atoms with van der Waals surface area (Å²) in [6.07, 6.45) is 2.21. The van der Waals surface area contributed by atoms with Crippen molar-refractivity contribution < 1.29 is 29.0 Å². The van der Waals surface area contributed by atoms with Gasteiger partial charge in [0, 0.05) is 43.9 Å². The van der Waals surface area contributed by atoms with E-state index < -0.39 is 17.2 Å². The lowest BCUT2D eigenvalue weighted by molar-refractivity contribution is -0.143. The number of carbonyl (C=O) groups excluding carboxylic acids is 3. The fourth-order valence-corrected chi connectivity index (χ4v) is 6.00. The van der Waals surface area contributed by atoms with Gasteiger partial charge >= 0.3 is 0 Å². The van der Waals surface area contributed by atoms with Crippen LogP contribution < -0.4 is 9.64 Å². The van der Waals surface area contributed by atoms with E-state index in [0.29, 0.717) is 61.9 Å². The molecule has 3 aliphatic rings. The molecule has 0 radical (unpaired) electrons. The maximum atomic E-state index is 14.5. The summed E-state index contributed by atoms with van der Waals surface area (Å²) in [6, 6.07) is 14.0. The van der Waals surface area contributed by atoms with Crippen molar-refractivity contribution in [2.75, 3.05) is 57.4 Å². The molecule has 1 spiro atoms. The van der Waals surface area contributed by atoms with Gasteiger partial charge in [-0.05, 0) is 50.1 Å². The minimum absolute atomic E-state index is 0.176. The number of Topliss-reactive ketones (excluding diaryl/α,β-unsaturated/α-hetero) is 1. The highest BCUT2D eigenvalue weighted by atomic mass is 16.5. The van der Waals surface area contributed by atoms with Crippen LogP contribution in [0.25, 0.3) is 5.76 Å². The van der Waals surface area contributed by atoms with E-state index in [1.54, 1.807) is 35.2 Å². The van der Waals surface area contributed by atoms with Crippen LogP contribution in [0.3, 0.4) is 0 Å². The lowest BCUT2D eigenvalue weighted by Crippen LogP contribution is -2.52. The van der Waals surface area contributed by atoms with E-state index in [4.69, 9.17) is 9.47 Å². The topological polar surface area (TPSA) is 99.6 Å². The lowest BCUT2D eigenvalue weighted by Gasteiger charge is -2.35. The average Bonchev–Trinajstić information content (AvgIpc) is 3.35. The molecular weight excluding hydrogens is 510 g/mol. The Morgan fingerprint density at radius 3 is 2.38 bits per heavy atom. The maximum absolute atomic E-state index is 14.5. The first-order valence-corrected chi connectivity index (χ1v) is 14.2. The minimum atomic E-state index is -1.73. The van der Waals surface area contributed by atoms with Crippen molar-refractivity contribution in [3.8, 4) is 5.75 Å². The van der Waals surface area contributed by atoms with Crippen LogP contribution in [-0.4, -0.2) is 85.0 Å². The fraction of sp³-hybridized carbons (Fsp3) is 0.452. The van der Waals surface area contributed by atoms with E-state index in [2.05, 4.69) is 4.90 Å². The summed E-state index contributed by atoms with van der Waals surface area (Å²) in [7, 11) is 0. The van der Waals surface area contributed by atoms with Crippen molar-refractivity contribution in [2.45, 2.75) is 38.6 Å². The number of rotatable bonds is 10. The fourth-order valence-electron chi connectivity index (χ4n) is 6.00. The van der Waals surface area contributed by atoms with Crippen LogP contribution in [0.5, 0.6) is 5.75 Å². The number of unbranched alkanes of at least 4 members (excludes halogenated alkanes) is 1. The number of morpholine rings is 1. The first-order chi connectivity index (χ1) is 19.4. The number of likely N-dealkylation sites (tertiary alicyclic amines) is 1. The molecule has 3 aliphatic heterocycles. The molecule has 2 amide bonds. The Hall–Kier alpha value is -3.69. The molecule has 2 aromatic carbocycles. The molecule has 0 aromatic heterocycles. The highest BCUT2D eigenvalue weighted by Gasteiger charge is 2.66. The largest absolute Gasteiger partial charge is 0.507 e. The quantitative estimate of drug-likeness (QED) is 0.276. The van der Waals surface area contributed by atoms with Gasteiger partial charge in [-0.3, -0.25) is 19.3 Å². The Labute approximate surface area is 235 Å². The zero-order valence-corrected chi connectivity index (χ0v) is 23.2. The number of hydrogen-bond acceptors (Lipinski definition) is 7. The van der Waals surface area contributed by atoms with E-state index in [1.165, 1.54) is 4.90 Å². The summed E-state index contributed by atoms with van der Waals surface area (Å²) in [5.41, 5.74) is -0.352. The number of hydrogen-bond donors (Lipinski definition) is 1. The van der Waals surface area contributed by atoms with Crippen LogP contribution in [-0.2, 0) is 24.7 Å². The van der Waals surface area contributed by atoms with Crippen molar-refractivity contribution in [3.63, 3.8) is 0 Å². The second-order valence-electron chi connectivity index (χ2n) is 10.3. The number of anilines is 1. The summed E-state index contributed by atoms with van der Waals surface area (Å²) in [5.74, 6) is -1.74. The molecular formula is C31H37N3O6. The number of benzene rings is 2. The Balaban J connectivity index is 1.62. The zero-order valence-electron chi connectivity index (χ0n) is 23.2. The molecule has 9 nitrogen and oxygen atoms in total. The standard InChI is InChI=1S/C31H37N3O6/c1-3-5-16-33-25-10-7-6-9-24(25)31(30(33)38)26(27(35)22-11-13-23(14-12-22)40-4-2)28(36)29(37)34(31)17-8-15-32-18-20-39-21-19-32/h6-7,9-14,35H,3-5,8,15-21H2,1-2H3/b27-26-. The summed E-state index contributed by atoms with van der Waals surface area (Å²) in [6.45, 7) is 8.68. The molecule has 40 heavy (non-hydrogen) atoms. The van der Waals surface area contributed by atoms with Crippen molar-refractivity contribution >= 4 is 29.0 Å². The number of aliphatic hydroxyl groups is 1. The van der Waals surface area contributed by atoms with E-state index in [-0.39, 0.29) is 23.8 Å². The summed E-state index contributed by atoms with van der Waals surface area (Å²) in [4.78, 5) is 47.4. The van der Waals surface area contributed by atoms with Crippen LogP contribution in [0.4, 0.5) is 5.69 Å². The van der Waals surface area contributed by atoms with E-state index in [1.807, 2.05) is 32.0 Å². The number of para-hydroxylation sites is 1. The Morgan fingerprint density at radius 2 is 1.68 bits per heavy atom. The highest BCUT2D eigenvalue weighted by molar-refractivity contribution is 6.50. The molecule has 0 aliphatic carbocycles. The second-order valence-corrected chi connectivity index (χ2v) is 10.3. The Morgan fingerprint density at radius 1 is 0.950 bits per heavy atom. The van der Waals surface area contributed by atoms with Gasteiger partial charge in [0.15, 0.2) is 5.54 Å². The molecule has 2 fully saturated rings. The predicted octanol–water partition coefficient (Wildman–Crippen LogP) is 3.53. The molecule has 2 aromatic rings. The molecule has 212 valence electrons. The summed E-state index contributed by atoms with van der Waals surface area (Å²) >= 11 is 0. The molecule has 1 atom stereocenters. The van der Waals surface area contributed by atoms with Crippen LogP contribution in [0.15, 0.2) is 54.1 Å². The number of fused-ring (bicyclic) bond motifs is 2. The number of amides is 2. The van der Waals surface area contributed by atoms with Gasteiger partial charge in [0.25, 0.3) is 17.6 Å². The molecule has 1 N–H and O–H groups in total. The maximum Gasteiger partial charge on any atom is 0.296 e. The minimum Gasteiger partial charge on any atom is -0.507 e. The third kappa shape index (κ3) is 4.67. The van der Waals surface area contributed by atoms with E-state index in [0.717, 1.165) is 25.9 Å². The number of nitrogens with zero attached hydrogens (tertiary/aromatic N) is 3. The van der Waals surface area contributed by atoms with Crippen LogP contribution in [0, 0.1) is 0 Å². The van der Waals surface area contributed by atoms with Gasteiger partial charge in [0.2, 0.25) is 0 Å². The molecule has 0 saturated carbocycles. The first-order valence-electron chi connectivity index (χ1n) is 14.2. The number of carbonyl (C=O) groups is 3. The molecule has 1 unspecified atom stereocenters. The third-order valence-electron chi connectivity index (χ3n) is 7.94. The zero-order chi connectivity index (χ0) is 28.3. The Kier molecular flexibility index (Phi) is 8.23. The second kappa shape index (κ2) is 11.8. The average molecular weight is 548 g/mol. The summed E-state index contributed by atoms with van der Waals surface area (Å²) < 4.78 is 11.0. The number of ketones is 1. The molecule has 5 rings (SSSR count). The van der Waals surface area contributed by atoms with Gasteiger partial charge in [-0.25, -0.2) is 0 Å². The van der Waals surface area contributed by atoms with Crippen molar-refractivity contribution in [3.05, 3.63) is 65.2 Å². The molecule has 9 heteroatoms. The normalized spacial score (nSPS) is 22.4. The van der Waals surface area contributed by atoms with E-state index >= 15 is 0 Å². The smallest absolute Gasteiger partial charge is 0.296 e. The van der Waals surface area contributed by atoms with Gasteiger partial charge in [-0.2, -0.15) is 0 Å². The van der Waals surface area contributed by atoms with Gasteiger partial charge in [-0.1, -0.05) is 31.5 Å². The highest BCUT2D eigenvalue weighted by Crippen LogP contribution is 2.53. The van der Waals surface area contributed by atoms with Crippen LogP contribution in [0.2, 0.25) is 0 Å². The van der Waals surface area contributed by atoms with Crippen molar-refractivity contribution in [1.29, 1.82) is 0 Å². The number of ether oxygens (including phenoxy) is 2. The van der Waals surface area contributed by atoms with Crippen molar-refractivity contribution in [1.82, 2.24) is 9.80 Å². The molecule has 3 heterocycles. The van der Waals surface area contributed by atoms with Gasteiger partial charge in [0.1, 0.15) is 11.5 Å². The van der Waals surface area contributed by atoms with Crippen molar-refractivity contribution in [2.24, 2.45) is 0 Å². The van der Waals surface area contributed by atoms with Gasteiger partial charge in [-0.15, -0.1) is 0 Å². The predicted molar refractivity (Wildman–Crippen MR) is 151 cm³/mol. The summed E-state index contributed by atoms with van der Waals surface area (Å²) in [5, 5.41) is 11.7. The monoisotopic (exact) mass is 547 g/mol. The van der Waals surface area contributed by atoms with Gasteiger partial charge in [0.05, 0.1) is 31.1 Å². The van der Waals surface area contributed by atoms with Crippen LogP contribution in [0.1, 0.15) is 44.2 Å². The van der Waals surface area contributed by atoms with Crippen LogP contribution >= 0.6 is 0 Å².